The number of halogens is 1. The van der Waals surface area contributed by atoms with Gasteiger partial charge in [-0.25, -0.2) is 9.18 Å². The van der Waals surface area contributed by atoms with Crippen LogP contribution in [0.5, 0.6) is 11.5 Å². The van der Waals surface area contributed by atoms with E-state index in [2.05, 4.69) is 0 Å². The maximum atomic E-state index is 12.9. The number of carbonyl (C=O) groups excluding carboxylic acids is 1. The third-order valence-electron chi connectivity index (χ3n) is 2.88. The minimum absolute atomic E-state index is 0.359. The molecule has 2 aromatic carbocycles. The van der Waals surface area contributed by atoms with Gasteiger partial charge in [0.25, 0.3) is 0 Å². The van der Waals surface area contributed by atoms with Crippen molar-refractivity contribution in [1.82, 2.24) is 0 Å². The zero-order valence-electron chi connectivity index (χ0n) is 12.2. The summed E-state index contributed by atoms with van der Waals surface area (Å²) in [7, 11) is 0. The number of ether oxygens (including phenoxy) is 2. The molecule has 0 saturated heterocycles. The van der Waals surface area contributed by atoms with E-state index in [1.807, 2.05) is 19.1 Å². The quantitative estimate of drug-likeness (QED) is 0.632. The van der Waals surface area contributed by atoms with Gasteiger partial charge < -0.3 is 9.47 Å². The summed E-state index contributed by atoms with van der Waals surface area (Å²) in [5, 5.41) is 0. The van der Waals surface area contributed by atoms with Crippen molar-refractivity contribution in [3.05, 3.63) is 59.9 Å². The second kappa shape index (κ2) is 5.95. The lowest BCUT2D eigenvalue weighted by Crippen LogP contribution is -2.41. The smallest absolute Gasteiger partial charge is 0.355 e. The van der Waals surface area contributed by atoms with Gasteiger partial charge in [-0.05, 0) is 62.7 Å². The summed E-state index contributed by atoms with van der Waals surface area (Å²) in [6.07, 6.45) is 0. The number of benzene rings is 2. The monoisotopic (exact) mass is 288 g/mol. The molecule has 0 aliphatic rings. The Hall–Kier alpha value is -2.36. The molecule has 0 bridgehead atoms. The van der Waals surface area contributed by atoms with Gasteiger partial charge in [-0.3, -0.25) is 0 Å². The van der Waals surface area contributed by atoms with Gasteiger partial charge >= 0.3 is 5.97 Å². The van der Waals surface area contributed by atoms with Crippen LogP contribution < -0.4 is 9.47 Å². The van der Waals surface area contributed by atoms with Gasteiger partial charge in [-0.1, -0.05) is 12.1 Å². The van der Waals surface area contributed by atoms with Crippen molar-refractivity contribution in [2.24, 2.45) is 0 Å². The summed E-state index contributed by atoms with van der Waals surface area (Å²) in [6, 6.07) is 12.7. The van der Waals surface area contributed by atoms with Gasteiger partial charge in [0, 0.05) is 0 Å². The average Bonchev–Trinajstić information content (AvgIpc) is 2.41. The molecule has 0 atom stereocenters. The van der Waals surface area contributed by atoms with Gasteiger partial charge in [-0.15, -0.1) is 0 Å². The molecule has 110 valence electrons. The van der Waals surface area contributed by atoms with Crippen molar-refractivity contribution in [1.29, 1.82) is 0 Å². The summed E-state index contributed by atoms with van der Waals surface area (Å²) in [5.41, 5.74) is -0.181. The molecule has 0 N–H and O–H groups in total. The summed E-state index contributed by atoms with van der Waals surface area (Å²) in [4.78, 5) is 12.2. The zero-order valence-corrected chi connectivity index (χ0v) is 12.2. The van der Waals surface area contributed by atoms with Crippen molar-refractivity contribution in [3.8, 4) is 11.5 Å². The topological polar surface area (TPSA) is 35.5 Å². The Bertz CT molecular complexity index is 633. The summed E-state index contributed by atoms with van der Waals surface area (Å²) < 4.78 is 23.8. The van der Waals surface area contributed by atoms with Crippen LogP contribution in [0.1, 0.15) is 19.4 Å². The highest BCUT2D eigenvalue weighted by Crippen LogP contribution is 2.21. The van der Waals surface area contributed by atoms with Crippen LogP contribution >= 0.6 is 0 Å². The third kappa shape index (κ3) is 4.05. The third-order valence-corrected chi connectivity index (χ3v) is 2.88. The van der Waals surface area contributed by atoms with Crippen LogP contribution in [0.4, 0.5) is 4.39 Å². The SMILES string of the molecule is Cc1cccc(OC(=O)C(C)(C)Oc2ccc(F)cc2)c1. The van der Waals surface area contributed by atoms with Crippen molar-refractivity contribution in [3.63, 3.8) is 0 Å². The normalized spacial score (nSPS) is 11.0. The first kappa shape index (κ1) is 15.0. The highest BCUT2D eigenvalue weighted by molar-refractivity contribution is 5.81. The molecule has 0 unspecified atom stereocenters. The van der Waals surface area contributed by atoms with Crippen LogP contribution in [0.15, 0.2) is 48.5 Å². The van der Waals surface area contributed by atoms with Crippen LogP contribution in [0.25, 0.3) is 0 Å². The number of carbonyl (C=O) groups is 1. The molecule has 3 nitrogen and oxygen atoms in total. The fourth-order valence-electron chi connectivity index (χ4n) is 1.75. The number of esters is 1. The molecule has 0 fully saturated rings. The number of hydrogen-bond donors (Lipinski definition) is 0. The molecule has 0 aliphatic heterocycles. The lowest BCUT2D eigenvalue weighted by atomic mass is 10.1. The van der Waals surface area contributed by atoms with E-state index in [4.69, 9.17) is 9.47 Å². The van der Waals surface area contributed by atoms with Gasteiger partial charge in [0.1, 0.15) is 17.3 Å². The van der Waals surface area contributed by atoms with Crippen LogP contribution in [0.2, 0.25) is 0 Å². The van der Waals surface area contributed by atoms with Crippen LogP contribution in [-0.2, 0) is 4.79 Å². The number of hydrogen-bond acceptors (Lipinski definition) is 3. The Morgan fingerprint density at radius 1 is 1.05 bits per heavy atom. The Labute approximate surface area is 123 Å². The number of aryl methyl sites for hydroxylation is 1. The molecule has 0 heterocycles. The van der Waals surface area contributed by atoms with E-state index in [9.17, 15) is 9.18 Å². The molecule has 0 saturated carbocycles. The lowest BCUT2D eigenvalue weighted by molar-refractivity contribution is -0.149. The Kier molecular flexibility index (Phi) is 4.26. The van der Waals surface area contributed by atoms with Crippen LogP contribution in [0, 0.1) is 12.7 Å². The minimum atomic E-state index is -1.18. The molecule has 0 aromatic heterocycles. The van der Waals surface area contributed by atoms with Gasteiger partial charge in [0.15, 0.2) is 0 Å². The van der Waals surface area contributed by atoms with Crippen molar-refractivity contribution >= 4 is 5.97 Å². The fourth-order valence-corrected chi connectivity index (χ4v) is 1.75. The van der Waals surface area contributed by atoms with E-state index in [0.29, 0.717) is 11.5 Å². The highest BCUT2D eigenvalue weighted by atomic mass is 19.1. The van der Waals surface area contributed by atoms with E-state index in [-0.39, 0.29) is 5.82 Å². The first-order valence-corrected chi connectivity index (χ1v) is 6.60. The maximum Gasteiger partial charge on any atom is 0.355 e. The van der Waals surface area contributed by atoms with Gasteiger partial charge in [0.05, 0.1) is 0 Å². The van der Waals surface area contributed by atoms with Gasteiger partial charge in [-0.2, -0.15) is 0 Å². The molecule has 0 aliphatic carbocycles. The molecule has 0 amide bonds. The first-order chi connectivity index (χ1) is 9.87. The van der Waals surface area contributed by atoms with Crippen LogP contribution in [-0.4, -0.2) is 11.6 Å². The largest absolute Gasteiger partial charge is 0.476 e. The van der Waals surface area contributed by atoms with Crippen molar-refractivity contribution < 1.29 is 18.7 Å². The Balaban J connectivity index is 2.07. The summed E-state index contributed by atoms with van der Waals surface area (Å²) >= 11 is 0. The zero-order chi connectivity index (χ0) is 15.5. The minimum Gasteiger partial charge on any atom is -0.476 e. The van der Waals surface area contributed by atoms with E-state index >= 15 is 0 Å². The molecule has 0 radical (unpaired) electrons. The second-order valence-corrected chi connectivity index (χ2v) is 5.27. The molecule has 21 heavy (non-hydrogen) atoms. The summed E-state index contributed by atoms with van der Waals surface area (Å²) in [6.45, 7) is 5.13. The Morgan fingerprint density at radius 2 is 1.71 bits per heavy atom. The molecular weight excluding hydrogens is 271 g/mol. The average molecular weight is 288 g/mol. The van der Waals surface area contributed by atoms with Crippen LogP contribution in [0.3, 0.4) is 0 Å². The van der Waals surface area contributed by atoms with E-state index < -0.39 is 11.6 Å². The van der Waals surface area contributed by atoms with Crippen molar-refractivity contribution in [2.45, 2.75) is 26.4 Å². The van der Waals surface area contributed by atoms with Gasteiger partial charge in [0.2, 0.25) is 5.60 Å². The van der Waals surface area contributed by atoms with E-state index in [1.54, 1.807) is 26.0 Å². The lowest BCUT2D eigenvalue weighted by Gasteiger charge is -2.24. The predicted octanol–water partition coefficient (Wildman–Crippen LogP) is 3.90. The molecule has 0 spiro atoms. The molecule has 4 heteroatoms. The maximum absolute atomic E-state index is 12.9. The fraction of sp³-hybridized carbons (Fsp3) is 0.235. The van der Waals surface area contributed by atoms with Crippen molar-refractivity contribution in [2.75, 3.05) is 0 Å². The molecular formula is C17H17FO3. The first-order valence-electron chi connectivity index (χ1n) is 6.60. The number of rotatable bonds is 4. The van der Waals surface area contributed by atoms with E-state index in [0.717, 1.165) is 5.56 Å². The second-order valence-electron chi connectivity index (χ2n) is 5.27. The Morgan fingerprint density at radius 3 is 2.33 bits per heavy atom. The highest BCUT2D eigenvalue weighted by Gasteiger charge is 2.32. The van der Waals surface area contributed by atoms with E-state index in [1.165, 1.54) is 24.3 Å². The summed E-state index contributed by atoms with van der Waals surface area (Å²) in [5.74, 6) is -0.00158. The molecule has 2 rings (SSSR count). The predicted molar refractivity (Wildman–Crippen MR) is 77.9 cm³/mol. The molecule has 2 aromatic rings. The standard InChI is InChI=1S/C17H17FO3/c1-12-5-4-6-15(11-12)20-16(19)17(2,3)21-14-9-7-13(18)8-10-14/h4-11H,1-3H3.